The zero-order chi connectivity index (χ0) is 11.1. The van der Waals surface area contributed by atoms with Crippen LogP contribution >= 0.6 is 0 Å². The van der Waals surface area contributed by atoms with E-state index in [4.69, 9.17) is 9.47 Å². The van der Waals surface area contributed by atoms with Gasteiger partial charge in [0.1, 0.15) is 12.1 Å². The summed E-state index contributed by atoms with van der Waals surface area (Å²) in [5, 5.41) is 2.48. The zero-order valence-corrected chi connectivity index (χ0v) is 8.99. The van der Waals surface area contributed by atoms with Gasteiger partial charge < -0.3 is 14.8 Å². The Balaban J connectivity index is 3.99. The molecule has 0 aliphatic rings. The van der Waals surface area contributed by atoms with Gasteiger partial charge in [-0.15, -0.1) is 0 Å². The minimum absolute atomic E-state index is 0.304. The molecule has 0 aliphatic heterocycles. The molecule has 0 aromatic rings. The van der Waals surface area contributed by atoms with Gasteiger partial charge in [-0.2, -0.15) is 0 Å². The predicted octanol–water partition coefficient (Wildman–Crippen LogP) is 0.0891. The summed E-state index contributed by atoms with van der Waals surface area (Å²) in [5.41, 5.74) is 0. The van der Waals surface area contributed by atoms with E-state index in [2.05, 4.69) is 5.32 Å². The van der Waals surface area contributed by atoms with Crippen LogP contribution in [-0.2, 0) is 19.1 Å². The standard InChI is InChI=1S/C9H17NO4/c1-5-14-9(12)6(2)10-8(11)7(3)13-4/h6-7H,5H2,1-4H3,(H,10,11). The molecule has 0 spiro atoms. The van der Waals surface area contributed by atoms with Crippen molar-refractivity contribution in [3.8, 4) is 0 Å². The van der Waals surface area contributed by atoms with E-state index in [1.807, 2.05) is 0 Å². The van der Waals surface area contributed by atoms with Crippen molar-refractivity contribution in [2.45, 2.75) is 32.9 Å². The van der Waals surface area contributed by atoms with E-state index in [1.165, 1.54) is 7.11 Å². The maximum Gasteiger partial charge on any atom is 0.328 e. The van der Waals surface area contributed by atoms with Crippen LogP contribution in [0, 0.1) is 0 Å². The van der Waals surface area contributed by atoms with Crippen LogP contribution in [0.15, 0.2) is 0 Å². The van der Waals surface area contributed by atoms with Crippen molar-refractivity contribution in [3.63, 3.8) is 0 Å². The zero-order valence-electron chi connectivity index (χ0n) is 8.99. The monoisotopic (exact) mass is 203 g/mol. The minimum atomic E-state index is -0.639. The van der Waals surface area contributed by atoms with E-state index < -0.39 is 18.1 Å². The van der Waals surface area contributed by atoms with Crippen LogP contribution in [-0.4, -0.2) is 37.7 Å². The lowest BCUT2D eigenvalue weighted by Gasteiger charge is -2.15. The molecule has 0 bridgehead atoms. The summed E-state index contributed by atoms with van der Waals surface area (Å²) < 4.78 is 9.51. The van der Waals surface area contributed by atoms with Crippen molar-refractivity contribution in [1.82, 2.24) is 5.32 Å². The van der Waals surface area contributed by atoms with Crippen LogP contribution in [0.2, 0.25) is 0 Å². The molecular weight excluding hydrogens is 186 g/mol. The molecule has 0 radical (unpaired) electrons. The highest BCUT2D eigenvalue weighted by Gasteiger charge is 2.19. The number of amides is 1. The Labute approximate surface area is 83.8 Å². The lowest BCUT2D eigenvalue weighted by Crippen LogP contribution is -2.44. The summed E-state index contributed by atoms with van der Waals surface area (Å²) in [4.78, 5) is 22.4. The number of carbonyl (C=O) groups excluding carboxylic acids is 2. The molecule has 0 rings (SSSR count). The van der Waals surface area contributed by atoms with Gasteiger partial charge in [0.2, 0.25) is 5.91 Å². The summed E-state index contributed by atoms with van der Waals surface area (Å²) in [5.74, 6) is -0.766. The Morgan fingerprint density at radius 3 is 2.36 bits per heavy atom. The molecule has 5 heteroatoms. The van der Waals surface area contributed by atoms with E-state index in [0.717, 1.165) is 0 Å². The fourth-order valence-corrected chi connectivity index (χ4v) is 0.764. The highest BCUT2D eigenvalue weighted by atomic mass is 16.5. The number of carbonyl (C=O) groups is 2. The van der Waals surface area contributed by atoms with Gasteiger partial charge in [-0.25, -0.2) is 4.79 Å². The van der Waals surface area contributed by atoms with E-state index in [9.17, 15) is 9.59 Å². The van der Waals surface area contributed by atoms with E-state index in [0.29, 0.717) is 6.61 Å². The molecular formula is C9H17NO4. The van der Waals surface area contributed by atoms with Crippen LogP contribution in [0.5, 0.6) is 0 Å². The molecule has 0 aliphatic carbocycles. The quantitative estimate of drug-likeness (QED) is 0.643. The molecule has 0 aromatic carbocycles. The molecule has 2 atom stereocenters. The Kier molecular flexibility index (Phi) is 5.87. The van der Waals surface area contributed by atoms with Crippen LogP contribution in [0.1, 0.15) is 20.8 Å². The molecule has 0 saturated heterocycles. The maximum atomic E-state index is 11.2. The second-order valence-corrected chi connectivity index (χ2v) is 2.86. The number of methoxy groups -OCH3 is 1. The highest BCUT2D eigenvalue weighted by Crippen LogP contribution is 1.92. The molecule has 82 valence electrons. The van der Waals surface area contributed by atoms with E-state index in [-0.39, 0.29) is 5.91 Å². The largest absolute Gasteiger partial charge is 0.464 e. The third-order valence-corrected chi connectivity index (χ3v) is 1.72. The summed E-state index contributed by atoms with van der Waals surface area (Å²) in [7, 11) is 1.43. The number of rotatable bonds is 5. The lowest BCUT2D eigenvalue weighted by atomic mass is 10.3. The fraction of sp³-hybridized carbons (Fsp3) is 0.778. The van der Waals surface area contributed by atoms with Gasteiger partial charge in [0.05, 0.1) is 6.61 Å². The summed E-state index contributed by atoms with van der Waals surface area (Å²) in [6.07, 6.45) is -0.563. The molecule has 1 N–H and O–H groups in total. The van der Waals surface area contributed by atoms with Crippen LogP contribution < -0.4 is 5.32 Å². The molecule has 5 nitrogen and oxygen atoms in total. The number of esters is 1. The van der Waals surface area contributed by atoms with Gasteiger partial charge in [-0.05, 0) is 20.8 Å². The third-order valence-electron chi connectivity index (χ3n) is 1.72. The lowest BCUT2D eigenvalue weighted by molar-refractivity contribution is -0.148. The fourth-order valence-electron chi connectivity index (χ4n) is 0.764. The average molecular weight is 203 g/mol. The van der Waals surface area contributed by atoms with Crippen LogP contribution in [0.25, 0.3) is 0 Å². The Morgan fingerprint density at radius 2 is 1.93 bits per heavy atom. The number of hydrogen-bond acceptors (Lipinski definition) is 4. The van der Waals surface area contributed by atoms with Crippen LogP contribution in [0.4, 0.5) is 0 Å². The van der Waals surface area contributed by atoms with Crippen molar-refractivity contribution in [2.24, 2.45) is 0 Å². The number of ether oxygens (including phenoxy) is 2. The van der Waals surface area contributed by atoms with Crippen molar-refractivity contribution in [2.75, 3.05) is 13.7 Å². The van der Waals surface area contributed by atoms with Gasteiger partial charge in [0.15, 0.2) is 0 Å². The Hall–Kier alpha value is -1.10. The van der Waals surface area contributed by atoms with E-state index >= 15 is 0 Å². The Morgan fingerprint density at radius 1 is 1.36 bits per heavy atom. The molecule has 2 unspecified atom stereocenters. The smallest absolute Gasteiger partial charge is 0.328 e. The van der Waals surface area contributed by atoms with Gasteiger partial charge in [0, 0.05) is 7.11 Å². The van der Waals surface area contributed by atoms with Crippen LogP contribution in [0.3, 0.4) is 0 Å². The maximum absolute atomic E-state index is 11.2. The van der Waals surface area contributed by atoms with Gasteiger partial charge in [-0.3, -0.25) is 4.79 Å². The van der Waals surface area contributed by atoms with Crippen molar-refractivity contribution >= 4 is 11.9 Å². The van der Waals surface area contributed by atoms with Gasteiger partial charge >= 0.3 is 5.97 Å². The first-order chi connectivity index (χ1) is 6.52. The van der Waals surface area contributed by atoms with Crippen molar-refractivity contribution < 1.29 is 19.1 Å². The number of hydrogen-bond donors (Lipinski definition) is 1. The first-order valence-corrected chi connectivity index (χ1v) is 4.52. The predicted molar refractivity (Wildman–Crippen MR) is 50.7 cm³/mol. The van der Waals surface area contributed by atoms with Gasteiger partial charge in [0.25, 0.3) is 0 Å². The second-order valence-electron chi connectivity index (χ2n) is 2.86. The average Bonchev–Trinajstić information content (AvgIpc) is 2.16. The summed E-state index contributed by atoms with van der Waals surface area (Å²) in [6.45, 7) is 5.19. The third kappa shape index (κ3) is 4.23. The first kappa shape index (κ1) is 12.9. The summed E-state index contributed by atoms with van der Waals surface area (Å²) in [6, 6.07) is -0.639. The highest BCUT2D eigenvalue weighted by molar-refractivity contribution is 5.86. The normalized spacial score (nSPS) is 14.3. The molecule has 0 fully saturated rings. The van der Waals surface area contributed by atoms with Crippen molar-refractivity contribution in [3.05, 3.63) is 0 Å². The van der Waals surface area contributed by atoms with Gasteiger partial charge in [-0.1, -0.05) is 0 Å². The SMILES string of the molecule is CCOC(=O)C(C)NC(=O)C(C)OC. The molecule has 0 aromatic heterocycles. The first-order valence-electron chi connectivity index (χ1n) is 4.52. The summed E-state index contributed by atoms with van der Waals surface area (Å²) >= 11 is 0. The second kappa shape index (κ2) is 6.37. The number of nitrogens with one attached hydrogen (secondary N) is 1. The molecule has 0 heterocycles. The Bertz CT molecular complexity index is 205. The minimum Gasteiger partial charge on any atom is -0.464 e. The van der Waals surface area contributed by atoms with E-state index in [1.54, 1.807) is 20.8 Å². The van der Waals surface area contributed by atoms with Crippen molar-refractivity contribution in [1.29, 1.82) is 0 Å². The molecule has 14 heavy (non-hydrogen) atoms. The topological polar surface area (TPSA) is 64.6 Å². The molecule has 1 amide bonds. The molecule has 0 saturated carbocycles.